The molecule has 0 spiro atoms. The molecule has 1 N–H and O–H groups in total. The first kappa shape index (κ1) is 19.4. The summed E-state index contributed by atoms with van der Waals surface area (Å²) >= 11 is 0. The second-order valence-corrected chi connectivity index (χ2v) is 6.79. The quantitative estimate of drug-likeness (QED) is 0.882. The first-order valence-corrected chi connectivity index (χ1v) is 9.12. The van der Waals surface area contributed by atoms with E-state index in [0.29, 0.717) is 38.3 Å². The molecule has 0 aliphatic carbocycles. The second-order valence-electron chi connectivity index (χ2n) is 6.79. The fourth-order valence-electron chi connectivity index (χ4n) is 3.23. The molecule has 1 heterocycles. The standard InChI is InChI=1S/C21H23N3O4/c1-22(15-16-6-3-2-4-7-16)21(28)24-12-10-23(11-13-24)19(25)17-8-5-9-18(14-17)20(26)27/h2-9,14H,10-13,15H2,1H3,(H,26,27). The van der Waals surface area contributed by atoms with Crippen LogP contribution in [0.25, 0.3) is 0 Å². The van der Waals surface area contributed by atoms with Crippen LogP contribution in [0.4, 0.5) is 4.79 Å². The van der Waals surface area contributed by atoms with Crippen molar-refractivity contribution < 1.29 is 19.5 Å². The molecule has 0 aromatic heterocycles. The Kier molecular flexibility index (Phi) is 5.93. The van der Waals surface area contributed by atoms with E-state index in [2.05, 4.69) is 0 Å². The minimum atomic E-state index is -1.06. The zero-order chi connectivity index (χ0) is 20.1. The minimum Gasteiger partial charge on any atom is -0.478 e. The summed E-state index contributed by atoms with van der Waals surface area (Å²) in [6.07, 6.45) is 0. The maximum absolute atomic E-state index is 12.7. The zero-order valence-electron chi connectivity index (χ0n) is 15.7. The van der Waals surface area contributed by atoms with Crippen molar-refractivity contribution >= 4 is 17.9 Å². The summed E-state index contributed by atoms with van der Waals surface area (Å²) in [4.78, 5) is 41.4. The van der Waals surface area contributed by atoms with E-state index in [1.807, 2.05) is 30.3 Å². The molecule has 0 atom stereocenters. The van der Waals surface area contributed by atoms with E-state index in [-0.39, 0.29) is 17.5 Å². The normalized spacial score (nSPS) is 13.9. The number of nitrogens with zero attached hydrogens (tertiary/aromatic N) is 3. The molecule has 146 valence electrons. The second kappa shape index (κ2) is 8.56. The number of carboxylic acids is 1. The average Bonchev–Trinajstić information content (AvgIpc) is 2.73. The van der Waals surface area contributed by atoms with E-state index < -0.39 is 5.97 Å². The van der Waals surface area contributed by atoms with Gasteiger partial charge >= 0.3 is 12.0 Å². The summed E-state index contributed by atoms with van der Waals surface area (Å²) in [5, 5.41) is 9.08. The van der Waals surface area contributed by atoms with Gasteiger partial charge in [0.1, 0.15) is 0 Å². The Hall–Kier alpha value is -3.35. The van der Waals surface area contributed by atoms with Gasteiger partial charge in [-0.05, 0) is 23.8 Å². The number of hydrogen-bond acceptors (Lipinski definition) is 3. The van der Waals surface area contributed by atoms with Gasteiger partial charge in [-0.2, -0.15) is 0 Å². The maximum atomic E-state index is 12.7. The summed E-state index contributed by atoms with van der Waals surface area (Å²) in [7, 11) is 1.77. The maximum Gasteiger partial charge on any atom is 0.335 e. The number of piperazine rings is 1. The van der Waals surface area contributed by atoms with E-state index in [0.717, 1.165) is 5.56 Å². The number of benzene rings is 2. The van der Waals surface area contributed by atoms with Crippen LogP contribution < -0.4 is 0 Å². The topological polar surface area (TPSA) is 81.2 Å². The Labute approximate surface area is 163 Å². The number of aromatic carboxylic acids is 1. The summed E-state index contributed by atoms with van der Waals surface area (Å²) in [6.45, 7) is 2.26. The SMILES string of the molecule is CN(Cc1ccccc1)C(=O)N1CCN(C(=O)c2cccc(C(=O)O)c2)CC1. The fraction of sp³-hybridized carbons (Fsp3) is 0.286. The van der Waals surface area contributed by atoms with E-state index in [1.54, 1.807) is 33.9 Å². The van der Waals surface area contributed by atoms with E-state index in [1.165, 1.54) is 12.1 Å². The molecule has 1 fully saturated rings. The number of carboxylic acid groups (broad SMARTS) is 1. The van der Waals surface area contributed by atoms with Gasteiger partial charge in [-0.3, -0.25) is 4.79 Å². The average molecular weight is 381 g/mol. The number of carbonyl (C=O) groups is 3. The lowest BCUT2D eigenvalue weighted by molar-refractivity contribution is 0.0644. The molecule has 2 aromatic rings. The third-order valence-corrected chi connectivity index (χ3v) is 4.78. The van der Waals surface area contributed by atoms with Crippen LogP contribution in [-0.2, 0) is 6.54 Å². The van der Waals surface area contributed by atoms with Gasteiger partial charge in [0.05, 0.1) is 5.56 Å². The van der Waals surface area contributed by atoms with Crippen molar-refractivity contribution in [1.82, 2.24) is 14.7 Å². The minimum absolute atomic E-state index is 0.0659. The molecular weight excluding hydrogens is 358 g/mol. The Bertz CT molecular complexity index is 861. The molecule has 0 saturated carbocycles. The molecule has 1 saturated heterocycles. The summed E-state index contributed by atoms with van der Waals surface area (Å²) in [5.41, 5.74) is 1.49. The van der Waals surface area contributed by atoms with E-state index >= 15 is 0 Å². The first-order chi connectivity index (χ1) is 13.5. The van der Waals surface area contributed by atoms with Crippen molar-refractivity contribution in [2.24, 2.45) is 0 Å². The molecule has 0 radical (unpaired) electrons. The summed E-state index contributed by atoms with van der Waals surface area (Å²) in [6, 6.07) is 15.7. The predicted octanol–water partition coefficient (Wildman–Crippen LogP) is 2.39. The number of rotatable bonds is 4. The monoisotopic (exact) mass is 381 g/mol. The smallest absolute Gasteiger partial charge is 0.335 e. The van der Waals surface area contributed by atoms with Crippen LogP contribution in [0.15, 0.2) is 54.6 Å². The number of urea groups is 1. The van der Waals surface area contributed by atoms with E-state index in [9.17, 15) is 14.4 Å². The van der Waals surface area contributed by atoms with Crippen LogP contribution in [-0.4, -0.2) is 70.9 Å². The molecule has 0 bridgehead atoms. The zero-order valence-corrected chi connectivity index (χ0v) is 15.7. The van der Waals surface area contributed by atoms with Gasteiger partial charge in [-0.1, -0.05) is 36.4 Å². The molecule has 3 amide bonds. The lowest BCUT2D eigenvalue weighted by Crippen LogP contribution is -2.53. The number of carbonyl (C=O) groups excluding carboxylic acids is 2. The van der Waals surface area contributed by atoms with Gasteiger partial charge < -0.3 is 19.8 Å². The highest BCUT2D eigenvalue weighted by atomic mass is 16.4. The van der Waals surface area contributed by atoms with Gasteiger partial charge in [0, 0.05) is 45.3 Å². The lowest BCUT2D eigenvalue weighted by Gasteiger charge is -2.36. The predicted molar refractivity (Wildman–Crippen MR) is 104 cm³/mol. The highest BCUT2D eigenvalue weighted by Crippen LogP contribution is 2.13. The van der Waals surface area contributed by atoms with Crippen LogP contribution in [0.1, 0.15) is 26.3 Å². The Morgan fingerprint density at radius 3 is 2.14 bits per heavy atom. The van der Waals surface area contributed by atoms with Crippen LogP contribution in [0.3, 0.4) is 0 Å². The van der Waals surface area contributed by atoms with Crippen LogP contribution in [0, 0.1) is 0 Å². The van der Waals surface area contributed by atoms with Crippen LogP contribution >= 0.6 is 0 Å². The molecule has 7 nitrogen and oxygen atoms in total. The van der Waals surface area contributed by atoms with Gasteiger partial charge in [0.25, 0.3) is 5.91 Å². The largest absolute Gasteiger partial charge is 0.478 e. The third kappa shape index (κ3) is 4.49. The lowest BCUT2D eigenvalue weighted by atomic mass is 10.1. The van der Waals surface area contributed by atoms with Crippen molar-refractivity contribution in [3.63, 3.8) is 0 Å². The van der Waals surface area contributed by atoms with Gasteiger partial charge in [0.15, 0.2) is 0 Å². The van der Waals surface area contributed by atoms with Crippen molar-refractivity contribution in [2.75, 3.05) is 33.2 Å². The Balaban J connectivity index is 1.56. The molecular formula is C21H23N3O4. The van der Waals surface area contributed by atoms with Gasteiger partial charge in [-0.15, -0.1) is 0 Å². The Morgan fingerprint density at radius 2 is 1.50 bits per heavy atom. The van der Waals surface area contributed by atoms with Crippen molar-refractivity contribution in [3.8, 4) is 0 Å². The molecule has 1 aliphatic rings. The van der Waals surface area contributed by atoms with Crippen molar-refractivity contribution in [2.45, 2.75) is 6.54 Å². The number of amides is 3. The Morgan fingerprint density at radius 1 is 0.893 bits per heavy atom. The fourth-order valence-corrected chi connectivity index (χ4v) is 3.23. The molecule has 3 rings (SSSR count). The molecule has 0 unspecified atom stereocenters. The molecule has 2 aromatic carbocycles. The van der Waals surface area contributed by atoms with Gasteiger partial charge in [0.2, 0.25) is 0 Å². The molecule has 7 heteroatoms. The third-order valence-electron chi connectivity index (χ3n) is 4.78. The van der Waals surface area contributed by atoms with Crippen molar-refractivity contribution in [1.29, 1.82) is 0 Å². The van der Waals surface area contributed by atoms with Crippen LogP contribution in [0.5, 0.6) is 0 Å². The highest BCUT2D eigenvalue weighted by molar-refractivity contribution is 5.97. The van der Waals surface area contributed by atoms with E-state index in [4.69, 9.17) is 5.11 Å². The highest BCUT2D eigenvalue weighted by Gasteiger charge is 2.26. The van der Waals surface area contributed by atoms with Gasteiger partial charge in [-0.25, -0.2) is 9.59 Å². The summed E-state index contributed by atoms with van der Waals surface area (Å²) < 4.78 is 0. The number of hydrogen-bond donors (Lipinski definition) is 1. The molecule has 1 aliphatic heterocycles. The molecule has 28 heavy (non-hydrogen) atoms. The van der Waals surface area contributed by atoms with Crippen LogP contribution in [0.2, 0.25) is 0 Å². The summed E-state index contributed by atoms with van der Waals surface area (Å²) in [5.74, 6) is -1.28. The first-order valence-electron chi connectivity index (χ1n) is 9.12. The van der Waals surface area contributed by atoms with Crippen molar-refractivity contribution in [3.05, 3.63) is 71.3 Å².